The second-order valence-electron chi connectivity index (χ2n) is 7.69. The number of benzene rings is 2. The van der Waals surface area contributed by atoms with Crippen LogP contribution in [0, 0.1) is 0 Å². The van der Waals surface area contributed by atoms with Gasteiger partial charge in [0.1, 0.15) is 18.1 Å². The van der Waals surface area contributed by atoms with Crippen molar-refractivity contribution in [1.29, 1.82) is 0 Å². The van der Waals surface area contributed by atoms with E-state index in [1.807, 2.05) is 61.7 Å². The number of hydrogen-bond donors (Lipinski definition) is 1. The van der Waals surface area contributed by atoms with Crippen LogP contribution in [0.5, 0.6) is 11.5 Å². The molecule has 3 aromatic rings. The number of methoxy groups -OCH3 is 1. The molecule has 0 bridgehead atoms. The molecule has 0 spiro atoms. The number of ether oxygens (including phenoxy) is 2. The zero-order chi connectivity index (χ0) is 20.9. The molecule has 158 valence electrons. The van der Waals surface area contributed by atoms with Crippen LogP contribution in [0.15, 0.2) is 54.7 Å². The number of para-hydroxylation sites is 1. The van der Waals surface area contributed by atoms with Crippen LogP contribution in [-0.2, 0) is 0 Å². The SMILES string of the molecule is COc1ccc(OCCN2CCN([C@H](C)C(=O)c3c[nH]c4ccccc34)CC2)cc1. The van der Waals surface area contributed by atoms with Crippen molar-refractivity contribution >= 4 is 16.7 Å². The van der Waals surface area contributed by atoms with Crippen LogP contribution in [-0.4, -0.2) is 73.0 Å². The number of hydrogen-bond acceptors (Lipinski definition) is 5. The summed E-state index contributed by atoms with van der Waals surface area (Å²) < 4.78 is 11.0. The Morgan fingerprint density at radius 1 is 1.03 bits per heavy atom. The molecule has 0 radical (unpaired) electrons. The lowest BCUT2D eigenvalue weighted by Gasteiger charge is -2.37. The second-order valence-corrected chi connectivity index (χ2v) is 7.69. The minimum absolute atomic E-state index is 0.123. The fraction of sp³-hybridized carbons (Fsp3) is 0.375. The monoisotopic (exact) mass is 407 g/mol. The normalized spacial score (nSPS) is 16.5. The minimum Gasteiger partial charge on any atom is -0.497 e. The molecule has 0 saturated carbocycles. The van der Waals surface area contributed by atoms with E-state index in [1.54, 1.807) is 7.11 Å². The van der Waals surface area contributed by atoms with Gasteiger partial charge >= 0.3 is 0 Å². The number of aromatic amines is 1. The number of nitrogens with zero attached hydrogens (tertiary/aromatic N) is 2. The highest BCUT2D eigenvalue weighted by atomic mass is 16.5. The maximum Gasteiger partial charge on any atom is 0.181 e. The first-order valence-electron chi connectivity index (χ1n) is 10.5. The van der Waals surface area contributed by atoms with Crippen LogP contribution >= 0.6 is 0 Å². The summed E-state index contributed by atoms with van der Waals surface area (Å²) in [6, 6.07) is 15.5. The molecule has 0 amide bonds. The van der Waals surface area contributed by atoms with Crippen molar-refractivity contribution in [1.82, 2.24) is 14.8 Å². The molecular formula is C24H29N3O3. The number of aromatic nitrogens is 1. The van der Waals surface area contributed by atoms with Crippen LogP contribution in [0.4, 0.5) is 0 Å². The van der Waals surface area contributed by atoms with Gasteiger partial charge in [-0.05, 0) is 37.3 Å². The quantitative estimate of drug-likeness (QED) is 0.580. The van der Waals surface area contributed by atoms with E-state index < -0.39 is 0 Å². The zero-order valence-corrected chi connectivity index (χ0v) is 17.6. The molecule has 1 aliphatic rings. The molecule has 6 nitrogen and oxygen atoms in total. The average molecular weight is 408 g/mol. The van der Waals surface area contributed by atoms with Gasteiger partial charge in [0.2, 0.25) is 0 Å². The Morgan fingerprint density at radius 2 is 1.73 bits per heavy atom. The Bertz CT molecular complexity index is 975. The van der Waals surface area contributed by atoms with Crippen molar-refractivity contribution in [3.8, 4) is 11.5 Å². The summed E-state index contributed by atoms with van der Waals surface area (Å²) in [6.07, 6.45) is 1.84. The Balaban J connectivity index is 1.25. The molecule has 6 heteroatoms. The summed E-state index contributed by atoms with van der Waals surface area (Å²) in [5.74, 6) is 1.87. The predicted molar refractivity (Wildman–Crippen MR) is 119 cm³/mol. The van der Waals surface area contributed by atoms with E-state index in [1.165, 1.54) is 0 Å². The number of rotatable bonds is 8. The van der Waals surface area contributed by atoms with Crippen molar-refractivity contribution in [2.24, 2.45) is 0 Å². The number of Topliss-reactive ketones (excluding diaryl/α,β-unsaturated/α-hetero) is 1. The van der Waals surface area contributed by atoms with E-state index in [4.69, 9.17) is 9.47 Å². The highest BCUT2D eigenvalue weighted by Crippen LogP contribution is 2.21. The Kier molecular flexibility index (Phi) is 6.35. The average Bonchev–Trinajstić information content (AvgIpc) is 3.23. The molecular weight excluding hydrogens is 378 g/mol. The van der Waals surface area contributed by atoms with Gasteiger partial charge in [0.15, 0.2) is 5.78 Å². The lowest BCUT2D eigenvalue weighted by atomic mass is 10.0. The number of carbonyl (C=O) groups excluding carboxylic acids is 1. The third-order valence-electron chi connectivity index (χ3n) is 5.92. The molecule has 1 atom stereocenters. The Morgan fingerprint density at radius 3 is 2.47 bits per heavy atom. The maximum absolute atomic E-state index is 13.1. The first kappa shape index (κ1) is 20.4. The highest BCUT2D eigenvalue weighted by molar-refractivity contribution is 6.10. The van der Waals surface area contributed by atoms with Gasteiger partial charge in [-0.3, -0.25) is 14.6 Å². The first-order chi connectivity index (χ1) is 14.7. The Hall–Kier alpha value is -2.83. The van der Waals surface area contributed by atoms with E-state index in [9.17, 15) is 4.79 Å². The van der Waals surface area contributed by atoms with Gasteiger partial charge in [0.25, 0.3) is 0 Å². The van der Waals surface area contributed by atoms with Crippen molar-refractivity contribution in [2.75, 3.05) is 46.4 Å². The minimum atomic E-state index is -0.123. The third-order valence-corrected chi connectivity index (χ3v) is 5.92. The lowest BCUT2D eigenvalue weighted by Crippen LogP contribution is -2.52. The molecule has 1 fully saturated rings. The van der Waals surface area contributed by atoms with Gasteiger partial charge in [-0.2, -0.15) is 0 Å². The van der Waals surface area contributed by atoms with Crippen LogP contribution in [0.25, 0.3) is 10.9 Å². The topological polar surface area (TPSA) is 57.8 Å². The number of carbonyl (C=O) groups is 1. The number of piperazine rings is 1. The fourth-order valence-electron chi connectivity index (χ4n) is 4.01. The summed E-state index contributed by atoms with van der Waals surface area (Å²) in [5.41, 5.74) is 1.79. The van der Waals surface area contributed by atoms with Crippen molar-refractivity contribution < 1.29 is 14.3 Å². The number of nitrogens with one attached hydrogen (secondary N) is 1. The summed E-state index contributed by atoms with van der Waals surface area (Å²) in [4.78, 5) is 21.0. The van der Waals surface area contributed by atoms with Crippen molar-refractivity contribution in [3.63, 3.8) is 0 Å². The molecule has 0 aliphatic carbocycles. The van der Waals surface area contributed by atoms with Gasteiger partial charge in [-0.25, -0.2) is 0 Å². The molecule has 1 aliphatic heterocycles. The summed E-state index contributed by atoms with van der Waals surface area (Å²) >= 11 is 0. The largest absolute Gasteiger partial charge is 0.497 e. The fourth-order valence-corrected chi connectivity index (χ4v) is 4.01. The van der Waals surface area contributed by atoms with Gasteiger partial charge in [0.05, 0.1) is 13.2 Å². The molecule has 2 heterocycles. The molecule has 4 rings (SSSR count). The summed E-state index contributed by atoms with van der Waals surface area (Å²) in [6.45, 7) is 7.21. The zero-order valence-electron chi connectivity index (χ0n) is 17.6. The summed E-state index contributed by atoms with van der Waals surface area (Å²) in [7, 11) is 1.66. The number of H-pyrrole nitrogens is 1. The molecule has 1 N–H and O–H groups in total. The second kappa shape index (κ2) is 9.32. The molecule has 2 aromatic carbocycles. The van der Waals surface area contributed by atoms with E-state index in [0.29, 0.717) is 6.61 Å². The number of ketones is 1. The van der Waals surface area contributed by atoms with Crippen LogP contribution in [0.1, 0.15) is 17.3 Å². The Labute approximate surface area is 177 Å². The molecule has 1 saturated heterocycles. The van der Waals surface area contributed by atoms with Gasteiger partial charge in [0, 0.05) is 55.4 Å². The number of fused-ring (bicyclic) bond motifs is 1. The van der Waals surface area contributed by atoms with Gasteiger partial charge in [-0.15, -0.1) is 0 Å². The van der Waals surface area contributed by atoms with E-state index in [-0.39, 0.29) is 11.8 Å². The lowest BCUT2D eigenvalue weighted by molar-refractivity contribution is 0.0674. The third kappa shape index (κ3) is 4.50. The van der Waals surface area contributed by atoms with E-state index >= 15 is 0 Å². The van der Waals surface area contributed by atoms with Crippen molar-refractivity contribution in [2.45, 2.75) is 13.0 Å². The molecule has 30 heavy (non-hydrogen) atoms. The van der Waals surface area contributed by atoms with Crippen LogP contribution < -0.4 is 9.47 Å². The van der Waals surface area contributed by atoms with Crippen LogP contribution in [0.2, 0.25) is 0 Å². The first-order valence-corrected chi connectivity index (χ1v) is 10.5. The van der Waals surface area contributed by atoms with Gasteiger partial charge < -0.3 is 14.5 Å². The van der Waals surface area contributed by atoms with E-state index in [2.05, 4.69) is 14.8 Å². The molecule has 0 unspecified atom stereocenters. The maximum atomic E-state index is 13.1. The van der Waals surface area contributed by atoms with Crippen molar-refractivity contribution in [3.05, 3.63) is 60.3 Å². The van der Waals surface area contributed by atoms with Gasteiger partial charge in [-0.1, -0.05) is 18.2 Å². The predicted octanol–water partition coefficient (Wildman–Crippen LogP) is 3.44. The standard InChI is InChI=1S/C24H29N3O3/c1-18(24(28)22-17-25-23-6-4-3-5-21(22)23)27-13-11-26(12-14-27)15-16-30-20-9-7-19(29-2)8-10-20/h3-10,17-18,25H,11-16H2,1-2H3/t18-/m1/s1. The molecule has 1 aromatic heterocycles. The van der Waals surface area contributed by atoms with Crippen LogP contribution in [0.3, 0.4) is 0 Å². The summed E-state index contributed by atoms with van der Waals surface area (Å²) in [5, 5.41) is 1.00. The van der Waals surface area contributed by atoms with E-state index in [0.717, 1.165) is 60.7 Å². The smallest absolute Gasteiger partial charge is 0.181 e. The highest BCUT2D eigenvalue weighted by Gasteiger charge is 2.27.